The third-order valence-electron chi connectivity index (χ3n) is 5.15. The van der Waals surface area contributed by atoms with Gasteiger partial charge in [-0.2, -0.15) is 5.10 Å². The maximum absolute atomic E-state index is 4.77. The smallest absolute Gasteiger partial charge is 0.0965 e. The summed E-state index contributed by atoms with van der Waals surface area (Å²) in [7, 11) is 0. The Labute approximate surface area is 152 Å². The maximum Gasteiger partial charge on any atom is 0.0965 e. The number of hydrazone groups is 1. The van der Waals surface area contributed by atoms with Crippen molar-refractivity contribution in [1.29, 1.82) is 0 Å². The van der Waals surface area contributed by atoms with Gasteiger partial charge in [0.2, 0.25) is 0 Å². The number of nitrogens with zero attached hydrogens (tertiary/aromatic N) is 2. The first kappa shape index (κ1) is 14.8. The van der Waals surface area contributed by atoms with Gasteiger partial charge < -0.3 is 0 Å². The topological polar surface area (TPSA) is 15.6 Å². The van der Waals surface area contributed by atoms with E-state index in [0.717, 1.165) is 5.88 Å². The van der Waals surface area contributed by atoms with Gasteiger partial charge in [-0.3, -0.25) is 5.01 Å². The molecule has 3 aromatic rings. The van der Waals surface area contributed by atoms with Crippen molar-refractivity contribution in [2.24, 2.45) is 5.10 Å². The van der Waals surface area contributed by atoms with Crippen LogP contribution in [0.5, 0.6) is 0 Å². The molecule has 0 amide bonds. The van der Waals surface area contributed by atoms with Crippen molar-refractivity contribution >= 4 is 18.0 Å². The Hall–Kier alpha value is -2.52. The lowest BCUT2D eigenvalue weighted by Gasteiger charge is -2.39. The molecule has 0 aliphatic carbocycles. The lowest BCUT2D eigenvalue weighted by molar-refractivity contribution is 0.231. The Morgan fingerprint density at radius 1 is 0.800 bits per heavy atom. The zero-order valence-electron chi connectivity index (χ0n) is 13.7. The lowest BCUT2D eigenvalue weighted by atomic mass is 9.79. The molecule has 0 bridgehead atoms. The van der Waals surface area contributed by atoms with Gasteiger partial charge in [0.25, 0.3) is 0 Å². The highest BCUT2D eigenvalue weighted by molar-refractivity contribution is 8.00. The molecule has 2 aliphatic rings. The largest absolute Gasteiger partial charge is 0.277 e. The minimum absolute atomic E-state index is 0.156. The molecule has 2 aliphatic heterocycles. The van der Waals surface area contributed by atoms with Crippen LogP contribution in [0.1, 0.15) is 28.3 Å². The van der Waals surface area contributed by atoms with Crippen LogP contribution in [0.3, 0.4) is 0 Å². The Balaban J connectivity index is 1.79. The molecule has 1 saturated heterocycles. The van der Waals surface area contributed by atoms with E-state index in [0.29, 0.717) is 0 Å². The second-order valence-corrected chi connectivity index (χ2v) is 7.65. The lowest BCUT2D eigenvalue weighted by Crippen LogP contribution is -2.35. The minimum Gasteiger partial charge on any atom is -0.277 e. The van der Waals surface area contributed by atoms with Crippen LogP contribution in [0.15, 0.2) is 90.0 Å². The summed E-state index contributed by atoms with van der Waals surface area (Å²) in [6.45, 7) is 0. The summed E-state index contributed by atoms with van der Waals surface area (Å²) in [6.07, 6.45) is 2.00. The second-order valence-electron chi connectivity index (χ2n) is 6.46. The molecule has 2 heterocycles. The van der Waals surface area contributed by atoms with Crippen LogP contribution in [-0.4, -0.2) is 17.1 Å². The fourth-order valence-corrected chi connectivity index (χ4v) is 5.61. The third-order valence-corrected chi connectivity index (χ3v) is 6.69. The van der Waals surface area contributed by atoms with E-state index in [1.54, 1.807) is 0 Å². The molecule has 5 rings (SSSR count). The zero-order valence-corrected chi connectivity index (χ0v) is 14.6. The highest BCUT2D eigenvalue weighted by Gasteiger charge is 2.52. The number of hydrogen-bond acceptors (Lipinski definition) is 3. The molecule has 0 radical (unpaired) electrons. The van der Waals surface area contributed by atoms with Crippen LogP contribution in [0, 0.1) is 0 Å². The van der Waals surface area contributed by atoms with E-state index in [1.165, 1.54) is 22.3 Å². The summed E-state index contributed by atoms with van der Waals surface area (Å²) in [5.74, 6) is 0.888. The van der Waals surface area contributed by atoms with E-state index in [2.05, 4.69) is 89.9 Å². The number of rotatable bonds is 2. The summed E-state index contributed by atoms with van der Waals surface area (Å²) in [4.78, 5) is 0. The van der Waals surface area contributed by atoms with E-state index in [9.17, 15) is 0 Å². The Bertz CT molecular complexity index is 882. The monoisotopic (exact) mass is 342 g/mol. The number of fused-ring (bicyclic) bond motifs is 3. The fourth-order valence-electron chi connectivity index (χ4n) is 4.05. The molecule has 2 nitrogen and oxygen atoms in total. The zero-order chi connectivity index (χ0) is 16.7. The second kappa shape index (κ2) is 5.78. The van der Waals surface area contributed by atoms with Gasteiger partial charge in [-0.25, -0.2) is 0 Å². The van der Waals surface area contributed by atoms with Gasteiger partial charge in [0.05, 0.1) is 22.9 Å². The standard InChI is InChI=1S/C22H18N2S/c1-3-10-18(11-4-1)22(19-12-5-2-6-13-19)21-20-14-8-7-9-17(20)15-23-24(21)16-25-22/h1-15,21H,16H2. The van der Waals surface area contributed by atoms with Crippen molar-refractivity contribution in [3.8, 4) is 0 Å². The number of thioether (sulfide) groups is 1. The summed E-state index contributed by atoms with van der Waals surface area (Å²) in [5.41, 5.74) is 5.26. The van der Waals surface area contributed by atoms with Crippen molar-refractivity contribution in [2.75, 3.05) is 5.88 Å². The van der Waals surface area contributed by atoms with Gasteiger partial charge in [0, 0.05) is 0 Å². The molecule has 3 aromatic carbocycles. The van der Waals surface area contributed by atoms with E-state index < -0.39 is 0 Å². The SMILES string of the molecule is C1=NN2CSC(c3ccccc3)(c3ccccc3)C2c2ccccc21. The predicted octanol–water partition coefficient (Wildman–Crippen LogP) is 5.03. The van der Waals surface area contributed by atoms with Crippen LogP contribution in [0.25, 0.3) is 0 Å². The fraction of sp³-hybridized carbons (Fsp3) is 0.136. The Morgan fingerprint density at radius 2 is 1.40 bits per heavy atom. The average Bonchev–Trinajstić information content (AvgIpc) is 3.10. The van der Waals surface area contributed by atoms with Gasteiger partial charge in [0.1, 0.15) is 0 Å². The van der Waals surface area contributed by atoms with Crippen molar-refractivity contribution in [1.82, 2.24) is 5.01 Å². The van der Waals surface area contributed by atoms with Gasteiger partial charge in [-0.15, -0.1) is 11.8 Å². The van der Waals surface area contributed by atoms with Gasteiger partial charge in [-0.05, 0) is 22.3 Å². The van der Waals surface area contributed by atoms with Crippen LogP contribution in [0.2, 0.25) is 0 Å². The molecule has 0 spiro atoms. The Kier molecular flexibility index (Phi) is 3.42. The first-order chi connectivity index (χ1) is 12.4. The molecular formula is C22H18N2S. The van der Waals surface area contributed by atoms with Crippen molar-refractivity contribution in [2.45, 2.75) is 10.8 Å². The first-order valence-electron chi connectivity index (χ1n) is 8.54. The van der Waals surface area contributed by atoms with E-state index in [4.69, 9.17) is 5.10 Å². The van der Waals surface area contributed by atoms with Gasteiger partial charge in [0.15, 0.2) is 0 Å². The molecular weight excluding hydrogens is 324 g/mol. The molecule has 1 unspecified atom stereocenters. The summed E-state index contributed by atoms with van der Waals surface area (Å²) >= 11 is 1.98. The molecule has 3 heteroatoms. The molecule has 1 atom stereocenters. The van der Waals surface area contributed by atoms with Crippen LogP contribution < -0.4 is 0 Å². The van der Waals surface area contributed by atoms with Crippen LogP contribution in [0.4, 0.5) is 0 Å². The van der Waals surface area contributed by atoms with E-state index in [1.807, 2.05) is 18.0 Å². The van der Waals surface area contributed by atoms with Crippen LogP contribution in [-0.2, 0) is 4.75 Å². The number of hydrogen-bond donors (Lipinski definition) is 0. The molecule has 0 N–H and O–H groups in total. The third kappa shape index (κ3) is 2.16. The molecule has 25 heavy (non-hydrogen) atoms. The molecule has 122 valence electrons. The summed E-state index contributed by atoms with van der Waals surface area (Å²) in [6, 6.07) is 30.6. The number of benzene rings is 3. The maximum atomic E-state index is 4.77. The summed E-state index contributed by atoms with van der Waals surface area (Å²) in [5, 5.41) is 7.01. The summed E-state index contributed by atoms with van der Waals surface area (Å²) < 4.78 is -0.156. The van der Waals surface area contributed by atoms with Crippen molar-refractivity contribution in [3.05, 3.63) is 107 Å². The molecule has 1 fully saturated rings. The predicted molar refractivity (Wildman–Crippen MR) is 105 cm³/mol. The quantitative estimate of drug-likeness (QED) is 0.649. The molecule has 0 aromatic heterocycles. The highest BCUT2D eigenvalue weighted by Crippen LogP contribution is 2.60. The van der Waals surface area contributed by atoms with Crippen molar-refractivity contribution < 1.29 is 0 Å². The Morgan fingerprint density at radius 3 is 2.08 bits per heavy atom. The highest BCUT2D eigenvalue weighted by atomic mass is 32.2. The van der Waals surface area contributed by atoms with Gasteiger partial charge in [-0.1, -0.05) is 84.9 Å². The van der Waals surface area contributed by atoms with E-state index >= 15 is 0 Å². The minimum atomic E-state index is -0.156. The molecule has 0 saturated carbocycles. The normalized spacial score (nSPS) is 20.2. The van der Waals surface area contributed by atoms with Gasteiger partial charge >= 0.3 is 0 Å². The first-order valence-corrected chi connectivity index (χ1v) is 9.53. The van der Waals surface area contributed by atoms with Crippen LogP contribution >= 0.6 is 11.8 Å². The van der Waals surface area contributed by atoms with E-state index in [-0.39, 0.29) is 10.8 Å². The average molecular weight is 342 g/mol. The van der Waals surface area contributed by atoms with Crippen molar-refractivity contribution in [3.63, 3.8) is 0 Å².